The molecular formula is C15H20N2O5. The van der Waals surface area contributed by atoms with E-state index in [1.165, 1.54) is 31.0 Å². The van der Waals surface area contributed by atoms with Crippen molar-refractivity contribution in [3.05, 3.63) is 35.4 Å². The lowest BCUT2D eigenvalue weighted by Crippen LogP contribution is -2.36. The summed E-state index contributed by atoms with van der Waals surface area (Å²) in [5.74, 6) is -2.25. The van der Waals surface area contributed by atoms with E-state index in [1.54, 1.807) is 4.90 Å². The van der Waals surface area contributed by atoms with E-state index in [2.05, 4.69) is 0 Å². The van der Waals surface area contributed by atoms with Crippen molar-refractivity contribution in [1.29, 1.82) is 0 Å². The smallest absolute Gasteiger partial charge is 0.335 e. The van der Waals surface area contributed by atoms with Crippen molar-refractivity contribution in [3.8, 4) is 0 Å². The minimum absolute atomic E-state index is 0.0186. The summed E-state index contributed by atoms with van der Waals surface area (Å²) < 4.78 is 0. The van der Waals surface area contributed by atoms with E-state index in [0.29, 0.717) is 0 Å². The van der Waals surface area contributed by atoms with Crippen LogP contribution < -0.4 is 5.73 Å². The number of carbonyl (C=O) groups excluding carboxylic acids is 1. The average molecular weight is 308 g/mol. The predicted octanol–water partition coefficient (Wildman–Crippen LogP) is 2.02. The Morgan fingerprint density at radius 3 is 1.73 bits per heavy atom. The van der Waals surface area contributed by atoms with Crippen LogP contribution in [0, 0.1) is 0 Å². The quantitative estimate of drug-likeness (QED) is 0.771. The first-order valence-corrected chi connectivity index (χ1v) is 7.03. The Kier molecular flexibility index (Phi) is 6.88. The summed E-state index contributed by atoms with van der Waals surface area (Å²) in [5, 5.41) is 17.0. The lowest BCUT2D eigenvalue weighted by Gasteiger charge is -2.16. The number of hydrogen-bond donors (Lipinski definition) is 3. The van der Waals surface area contributed by atoms with Crippen molar-refractivity contribution in [1.82, 2.24) is 4.90 Å². The highest BCUT2D eigenvalue weighted by molar-refractivity contribution is 5.93. The highest BCUT2D eigenvalue weighted by atomic mass is 16.4. The molecule has 2 amide bonds. The van der Waals surface area contributed by atoms with Gasteiger partial charge in [0.25, 0.3) is 0 Å². The van der Waals surface area contributed by atoms with E-state index in [9.17, 15) is 14.4 Å². The molecule has 1 aliphatic rings. The second-order valence-electron chi connectivity index (χ2n) is 4.93. The standard InChI is InChI=1S/C8H6O4.C7H14N2O/c9-7(10)5-2-1-3-6(4-5)8(11)12;8-7(10)9-5-3-1-2-4-6-9/h1-4H,(H,9,10)(H,11,12);1-6H2,(H2,8,10). The Morgan fingerprint density at radius 2 is 1.36 bits per heavy atom. The summed E-state index contributed by atoms with van der Waals surface area (Å²) in [6.45, 7) is 1.71. The first-order chi connectivity index (χ1) is 10.4. The van der Waals surface area contributed by atoms with Gasteiger partial charge < -0.3 is 20.8 Å². The first kappa shape index (κ1) is 17.5. The molecule has 1 fully saturated rings. The number of carbonyl (C=O) groups is 3. The maximum absolute atomic E-state index is 10.7. The molecule has 0 atom stereocenters. The third kappa shape index (κ3) is 5.82. The SMILES string of the molecule is NC(=O)N1CCCCCC1.O=C(O)c1cccc(C(=O)O)c1. The second kappa shape index (κ2) is 8.66. The number of nitrogens with two attached hydrogens (primary N) is 1. The molecule has 0 saturated carbocycles. The summed E-state index contributed by atoms with van der Waals surface area (Å²) in [6.07, 6.45) is 4.71. The Hall–Kier alpha value is -2.57. The Balaban J connectivity index is 0.000000224. The fraction of sp³-hybridized carbons (Fsp3) is 0.400. The highest BCUT2D eigenvalue weighted by Gasteiger charge is 2.10. The van der Waals surface area contributed by atoms with E-state index in [0.717, 1.165) is 32.0 Å². The molecule has 4 N–H and O–H groups in total. The molecule has 0 unspecified atom stereocenters. The van der Waals surface area contributed by atoms with Crippen LogP contribution in [0.2, 0.25) is 0 Å². The molecule has 22 heavy (non-hydrogen) atoms. The average Bonchev–Trinajstić information content (AvgIpc) is 2.77. The van der Waals surface area contributed by atoms with Gasteiger partial charge in [-0.2, -0.15) is 0 Å². The molecule has 2 rings (SSSR count). The number of urea groups is 1. The Bertz CT molecular complexity index is 507. The van der Waals surface area contributed by atoms with Gasteiger partial charge in [0.1, 0.15) is 0 Å². The number of nitrogens with zero attached hydrogens (tertiary/aromatic N) is 1. The second-order valence-corrected chi connectivity index (χ2v) is 4.93. The maximum Gasteiger partial charge on any atom is 0.335 e. The van der Waals surface area contributed by atoms with Gasteiger partial charge in [-0.1, -0.05) is 18.9 Å². The van der Waals surface area contributed by atoms with Crippen molar-refractivity contribution in [2.75, 3.05) is 13.1 Å². The number of rotatable bonds is 2. The van der Waals surface area contributed by atoms with Crippen molar-refractivity contribution in [2.45, 2.75) is 25.7 Å². The van der Waals surface area contributed by atoms with E-state index in [-0.39, 0.29) is 17.2 Å². The van der Waals surface area contributed by atoms with Gasteiger partial charge in [-0.15, -0.1) is 0 Å². The number of carboxylic acid groups (broad SMARTS) is 2. The minimum atomic E-state index is -1.13. The van der Waals surface area contributed by atoms with Crippen molar-refractivity contribution < 1.29 is 24.6 Å². The van der Waals surface area contributed by atoms with Gasteiger partial charge in [0.05, 0.1) is 11.1 Å². The van der Waals surface area contributed by atoms with Gasteiger partial charge in [0.2, 0.25) is 0 Å². The number of benzene rings is 1. The zero-order valence-electron chi connectivity index (χ0n) is 12.2. The molecule has 0 aromatic heterocycles. The minimum Gasteiger partial charge on any atom is -0.478 e. The van der Waals surface area contributed by atoms with E-state index in [1.807, 2.05) is 0 Å². The van der Waals surface area contributed by atoms with Gasteiger partial charge >= 0.3 is 18.0 Å². The highest BCUT2D eigenvalue weighted by Crippen LogP contribution is 2.08. The molecule has 1 heterocycles. The molecule has 1 saturated heterocycles. The number of primary amides is 1. The number of likely N-dealkylation sites (tertiary alicyclic amines) is 1. The summed E-state index contributed by atoms with van der Waals surface area (Å²) in [7, 11) is 0. The fourth-order valence-corrected chi connectivity index (χ4v) is 2.08. The summed E-state index contributed by atoms with van der Waals surface area (Å²) in [6, 6.07) is 4.93. The van der Waals surface area contributed by atoms with Gasteiger partial charge in [-0.25, -0.2) is 14.4 Å². The Labute approximate surface area is 128 Å². The maximum atomic E-state index is 10.7. The molecule has 0 spiro atoms. The molecular weight excluding hydrogens is 288 g/mol. The zero-order chi connectivity index (χ0) is 16.5. The van der Waals surface area contributed by atoms with Gasteiger partial charge in [-0.3, -0.25) is 0 Å². The zero-order valence-corrected chi connectivity index (χ0v) is 12.2. The molecule has 7 heteroatoms. The topological polar surface area (TPSA) is 121 Å². The number of hydrogen-bond acceptors (Lipinski definition) is 3. The van der Waals surface area contributed by atoms with Gasteiger partial charge in [-0.05, 0) is 31.0 Å². The Morgan fingerprint density at radius 1 is 0.909 bits per heavy atom. The number of aromatic carboxylic acids is 2. The van der Waals surface area contributed by atoms with Crippen LogP contribution in [0.15, 0.2) is 24.3 Å². The number of carboxylic acids is 2. The third-order valence-electron chi connectivity index (χ3n) is 3.27. The van der Waals surface area contributed by atoms with Gasteiger partial charge in [0, 0.05) is 13.1 Å². The van der Waals surface area contributed by atoms with Crippen LogP contribution in [0.1, 0.15) is 46.4 Å². The largest absolute Gasteiger partial charge is 0.478 e. The lowest BCUT2D eigenvalue weighted by atomic mass is 10.1. The van der Waals surface area contributed by atoms with Crippen molar-refractivity contribution in [2.24, 2.45) is 5.73 Å². The van der Waals surface area contributed by atoms with Crippen LogP contribution in [0.3, 0.4) is 0 Å². The van der Waals surface area contributed by atoms with Crippen LogP contribution in [0.4, 0.5) is 4.79 Å². The molecule has 120 valence electrons. The molecule has 7 nitrogen and oxygen atoms in total. The fourth-order valence-electron chi connectivity index (χ4n) is 2.08. The van der Waals surface area contributed by atoms with E-state index in [4.69, 9.17) is 15.9 Å². The van der Waals surface area contributed by atoms with Crippen LogP contribution in [-0.4, -0.2) is 46.2 Å². The van der Waals surface area contributed by atoms with Crippen molar-refractivity contribution >= 4 is 18.0 Å². The molecule has 0 aliphatic carbocycles. The molecule has 0 bridgehead atoms. The number of amides is 2. The monoisotopic (exact) mass is 308 g/mol. The summed E-state index contributed by atoms with van der Waals surface area (Å²) in [4.78, 5) is 33.2. The molecule has 1 aromatic carbocycles. The van der Waals surface area contributed by atoms with Gasteiger partial charge in [0.15, 0.2) is 0 Å². The van der Waals surface area contributed by atoms with E-state index >= 15 is 0 Å². The molecule has 1 aliphatic heterocycles. The van der Waals surface area contributed by atoms with Crippen LogP contribution in [0.25, 0.3) is 0 Å². The first-order valence-electron chi connectivity index (χ1n) is 7.03. The predicted molar refractivity (Wildman–Crippen MR) is 80.0 cm³/mol. The third-order valence-corrected chi connectivity index (χ3v) is 3.27. The van der Waals surface area contributed by atoms with Crippen LogP contribution >= 0.6 is 0 Å². The van der Waals surface area contributed by atoms with Crippen LogP contribution in [-0.2, 0) is 0 Å². The van der Waals surface area contributed by atoms with Crippen LogP contribution in [0.5, 0.6) is 0 Å². The normalized spacial score (nSPS) is 14.3. The molecule has 1 aromatic rings. The summed E-state index contributed by atoms with van der Waals surface area (Å²) >= 11 is 0. The summed E-state index contributed by atoms with van der Waals surface area (Å²) in [5.41, 5.74) is 5.09. The lowest BCUT2D eigenvalue weighted by molar-refractivity contribution is 0.0696. The molecule has 0 radical (unpaired) electrons. The van der Waals surface area contributed by atoms with Crippen molar-refractivity contribution in [3.63, 3.8) is 0 Å². The van der Waals surface area contributed by atoms with E-state index < -0.39 is 11.9 Å².